The highest BCUT2D eigenvalue weighted by molar-refractivity contribution is 8.03. The van der Waals surface area contributed by atoms with Gasteiger partial charge in [-0.1, -0.05) is 20.4 Å². The fraction of sp³-hybridized carbons (Fsp3) is 0.625. The maximum atomic E-state index is 11.1. The first kappa shape index (κ1) is 10.6. The second-order valence-corrected chi connectivity index (χ2v) is 3.47. The average Bonchev–Trinajstić information content (AvgIpc) is 2.00. The van der Waals surface area contributed by atoms with Crippen LogP contribution in [0.25, 0.3) is 0 Å². The van der Waals surface area contributed by atoms with Gasteiger partial charge in [0.25, 0.3) is 5.91 Å². The maximum Gasteiger partial charge on any atom is 0.257 e. The van der Waals surface area contributed by atoms with Crippen LogP contribution in [0.2, 0.25) is 0 Å². The van der Waals surface area contributed by atoms with Crippen LogP contribution in [0.5, 0.6) is 0 Å². The Kier molecular flexibility index (Phi) is 6.03. The first-order valence-electron chi connectivity index (χ1n) is 3.82. The predicted molar refractivity (Wildman–Crippen MR) is 50.6 cm³/mol. The molecule has 2 nitrogen and oxygen atoms in total. The zero-order chi connectivity index (χ0) is 8.69. The molecule has 0 aliphatic heterocycles. The Bertz CT molecular complexity index is 145. The predicted octanol–water partition coefficient (Wildman–Crippen LogP) is 1.78. The van der Waals surface area contributed by atoms with Crippen molar-refractivity contribution in [1.29, 1.82) is 0 Å². The summed E-state index contributed by atoms with van der Waals surface area (Å²) in [6.07, 6.45) is 0.968. The summed E-state index contributed by atoms with van der Waals surface area (Å²) in [7, 11) is 0. The first-order chi connectivity index (χ1) is 5.22. The second kappa shape index (κ2) is 6.28. The van der Waals surface area contributed by atoms with Gasteiger partial charge >= 0.3 is 0 Å². The monoisotopic (exact) mass is 173 g/mol. The van der Waals surface area contributed by atoms with Crippen molar-refractivity contribution in [1.82, 2.24) is 5.32 Å². The topological polar surface area (TPSA) is 29.1 Å². The Labute approximate surface area is 72.4 Å². The smallest absolute Gasteiger partial charge is 0.257 e. The molecule has 3 heteroatoms. The van der Waals surface area contributed by atoms with E-state index in [0.717, 1.165) is 18.7 Å². The van der Waals surface area contributed by atoms with E-state index in [0.29, 0.717) is 4.91 Å². The molecule has 0 bridgehead atoms. The number of carbonyl (C=O) groups is 1. The van der Waals surface area contributed by atoms with E-state index in [1.165, 1.54) is 11.8 Å². The third kappa shape index (κ3) is 4.90. The van der Waals surface area contributed by atoms with Crippen molar-refractivity contribution in [2.24, 2.45) is 0 Å². The molecule has 64 valence electrons. The summed E-state index contributed by atoms with van der Waals surface area (Å²) in [5.41, 5.74) is 0. The molecular formula is C8H15NOS. The number of rotatable bonds is 5. The normalized spacial score (nSPS) is 9.27. The van der Waals surface area contributed by atoms with E-state index in [-0.39, 0.29) is 5.91 Å². The molecular weight excluding hydrogens is 158 g/mol. The van der Waals surface area contributed by atoms with Crippen molar-refractivity contribution >= 4 is 17.7 Å². The van der Waals surface area contributed by atoms with Crippen LogP contribution in [0, 0.1) is 0 Å². The molecule has 0 saturated carbocycles. The Hall–Kier alpha value is -0.440. The zero-order valence-corrected chi connectivity index (χ0v) is 7.96. The lowest BCUT2D eigenvalue weighted by Gasteiger charge is -2.03. The van der Waals surface area contributed by atoms with Crippen molar-refractivity contribution in [3.05, 3.63) is 11.5 Å². The Morgan fingerprint density at radius 2 is 2.18 bits per heavy atom. The van der Waals surface area contributed by atoms with Crippen LogP contribution >= 0.6 is 11.8 Å². The Balaban J connectivity index is 3.56. The van der Waals surface area contributed by atoms with Crippen LogP contribution in [0.15, 0.2) is 11.5 Å². The van der Waals surface area contributed by atoms with Crippen molar-refractivity contribution in [3.8, 4) is 0 Å². The van der Waals surface area contributed by atoms with Gasteiger partial charge in [0.2, 0.25) is 0 Å². The minimum Gasteiger partial charge on any atom is -0.352 e. The van der Waals surface area contributed by atoms with E-state index in [1.807, 2.05) is 13.8 Å². The molecule has 11 heavy (non-hydrogen) atoms. The van der Waals surface area contributed by atoms with Crippen molar-refractivity contribution in [2.45, 2.75) is 20.3 Å². The van der Waals surface area contributed by atoms with E-state index in [9.17, 15) is 4.79 Å². The molecule has 1 N–H and O–H groups in total. The molecule has 0 aromatic carbocycles. The van der Waals surface area contributed by atoms with Gasteiger partial charge in [-0.05, 0) is 12.2 Å². The van der Waals surface area contributed by atoms with Crippen LogP contribution in [-0.4, -0.2) is 18.2 Å². The summed E-state index contributed by atoms with van der Waals surface area (Å²) in [6.45, 7) is 8.41. The summed E-state index contributed by atoms with van der Waals surface area (Å²) < 4.78 is 0. The standard InChI is InChI=1S/C8H15NOS/c1-4-6-9-8(10)7(3)11-5-2/h3-6H2,1-2H3,(H,9,10). The molecule has 0 unspecified atom stereocenters. The highest BCUT2D eigenvalue weighted by atomic mass is 32.2. The van der Waals surface area contributed by atoms with Crippen molar-refractivity contribution in [3.63, 3.8) is 0 Å². The summed E-state index contributed by atoms with van der Waals surface area (Å²) in [6, 6.07) is 0. The average molecular weight is 173 g/mol. The number of hydrogen-bond donors (Lipinski definition) is 1. The lowest BCUT2D eigenvalue weighted by Crippen LogP contribution is -2.24. The van der Waals surface area contributed by atoms with Gasteiger partial charge in [-0.2, -0.15) is 0 Å². The number of carbonyl (C=O) groups excluding carboxylic acids is 1. The van der Waals surface area contributed by atoms with E-state index in [4.69, 9.17) is 0 Å². The first-order valence-corrected chi connectivity index (χ1v) is 4.80. The maximum absolute atomic E-state index is 11.1. The molecule has 0 aliphatic rings. The lowest BCUT2D eigenvalue weighted by molar-refractivity contribution is -0.116. The minimum atomic E-state index is -0.0290. The molecule has 1 amide bonds. The summed E-state index contributed by atoms with van der Waals surface area (Å²) in [5.74, 6) is 0.872. The highest BCUT2D eigenvalue weighted by Gasteiger charge is 2.03. The SMILES string of the molecule is C=C(SCC)C(=O)NCCC. The Morgan fingerprint density at radius 1 is 1.55 bits per heavy atom. The lowest BCUT2D eigenvalue weighted by atomic mass is 10.4. The van der Waals surface area contributed by atoms with Crippen LogP contribution in [0.1, 0.15) is 20.3 Å². The summed E-state index contributed by atoms with van der Waals surface area (Å²) in [5, 5.41) is 2.76. The molecule has 0 radical (unpaired) electrons. The van der Waals surface area contributed by atoms with E-state index < -0.39 is 0 Å². The molecule has 0 heterocycles. The van der Waals surface area contributed by atoms with Gasteiger partial charge in [0.05, 0.1) is 4.91 Å². The number of thioether (sulfide) groups is 1. The third-order valence-electron chi connectivity index (χ3n) is 1.11. The minimum absolute atomic E-state index is 0.0290. The summed E-state index contributed by atoms with van der Waals surface area (Å²) >= 11 is 1.48. The molecule has 0 aliphatic carbocycles. The number of nitrogens with one attached hydrogen (secondary N) is 1. The van der Waals surface area contributed by atoms with E-state index in [1.54, 1.807) is 0 Å². The van der Waals surface area contributed by atoms with Crippen molar-refractivity contribution in [2.75, 3.05) is 12.3 Å². The highest BCUT2D eigenvalue weighted by Crippen LogP contribution is 2.11. The van der Waals surface area contributed by atoms with Gasteiger partial charge in [0.15, 0.2) is 0 Å². The van der Waals surface area contributed by atoms with Gasteiger partial charge < -0.3 is 5.32 Å². The molecule has 0 aromatic heterocycles. The third-order valence-corrected chi connectivity index (χ3v) is 1.93. The number of hydrogen-bond acceptors (Lipinski definition) is 2. The van der Waals surface area contributed by atoms with Crippen molar-refractivity contribution < 1.29 is 4.79 Å². The molecule has 0 saturated heterocycles. The zero-order valence-electron chi connectivity index (χ0n) is 7.14. The molecule has 0 atom stereocenters. The van der Waals surface area contributed by atoms with Gasteiger partial charge in [-0.3, -0.25) is 4.79 Å². The molecule has 0 fully saturated rings. The fourth-order valence-electron chi connectivity index (χ4n) is 0.577. The number of amides is 1. The molecule has 0 spiro atoms. The van der Waals surface area contributed by atoms with E-state index in [2.05, 4.69) is 11.9 Å². The van der Waals surface area contributed by atoms with Gasteiger partial charge in [0.1, 0.15) is 0 Å². The van der Waals surface area contributed by atoms with E-state index >= 15 is 0 Å². The Morgan fingerprint density at radius 3 is 2.64 bits per heavy atom. The van der Waals surface area contributed by atoms with Crippen LogP contribution < -0.4 is 5.32 Å². The largest absolute Gasteiger partial charge is 0.352 e. The fourth-order valence-corrected chi connectivity index (χ4v) is 1.13. The van der Waals surface area contributed by atoms with Crippen LogP contribution in [-0.2, 0) is 4.79 Å². The van der Waals surface area contributed by atoms with Gasteiger partial charge in [0, 0.05) is 6.54 Å². The van der Waals surface area contributed by atoms with Crippen LogP contribution in [0.3, 0.4) is 0 Å². The molecule has 0 rings (SSSR count). The second-order valence-electron chi connectivity index (χ2n) is 2.11. The van der Waals surface area contributed by atoms with Gasteiger partial charge in [-0.15, -0.1) is 11.8 Å². The quantitative estimate of drug-likeness (QED) is 0.642. The van der Waals surface area contributed by atoms with Gasteiger partial charge in [-0.25, -0.2) is 0 Å². The van der Waals surface area contributed by atoms with Crippen LogP contribution in [0.4, 0.5) is 0 Å². The molecule has 0 aromatic rings. The summed E-state index contributed by atoms with van der Waals surface area (Å²) in [4.78, 5) is 11.7.